The summed E-state index contributed by atoms with van der Waals surface area (Å²) < 4.78 is 46.3. The highest BCUT2D eigenvalue weighted by Crippen LogP contribution is 2.49. The molecule has 1 nitrogen and oxygen atoms in total. The van der Waals surface area contributed by atoms with Gasteiger partial charge in [0.15, 0.2) is 0 Å². The Kier molecular flexibility index (Phi) is 5.80. The topological polar surface area (TPSA) is 12.4 Å². The van der Waals surface area contributed by atoms with Crippen LogP contribution in [0.1, 0.15) is 0 Å². The normalized spacial score (nSPS) is 11.3. The van der Waals surface area contributed by atoms with Gasteiger partial charge in [-0.3, -0.25) is 4.74 Å². The number of nitrogens with zero attached hydrogens (tertiary/aromatic N) is 1. The van der Waals surface area contributed by atoms with E-state index in [-0.39, 0.29) is 17.5 Å². The first kappa shape index (κ1) is 20.5. The first-order valence-corrected chi connectivity index (χ1v) is 11.3. The quantitative estimate of drug-likeness (QED) is 0.318. The maximum atomic E-state index is 13.7. The first-order chi connectivity index (χ1) is 14.5. The van der Waals surface area contributed by atoms with E-state index in [1.165, 1.54) is 36.4 Å². The van der Waals surface area contributed by atoms with Gasteiger partial charge in [0.25, 0.3) is 0 Å². The second-order valence-electron chi connectivity index (χ2n) is 6.64. The van der Waals surface area contributed by atoms with E-state index < -0.39 is 7.05 Å². The van der Waals surface area contributed by atoms with Crippen LogP contribution in [0.15, 0.2) is 102 Å². The lowest BCUT2D eigenvalue weighted by Gasteiger charge is -2.27. The van der Waals surface area contributed by atoms with E-state index >= 15 is 0 Å². The molecule has 4 aromatic rings. The molecule has 0 aliphatic heterocycles. The summed E-state index contributed by atoms with van der Waals surface area (Å²) in [6.45, 7) is 0. The molecule has 6 heteroatoms. The molecule has 4 rings (SSSR count). The predicted molar refractivity (Wildman–Crippen MR) is 119 cm³/mol. The van der Waals surface area contributed by atoms with Gasteiger partial charge >= 0.3 is 0 Å². The van der Waals surface area contributed by atoms with Crippen molar-refractivity contribution in [3.05, 3.63) is 120 Å². The summed E-state index contributed by atoms with van der Waals surface area (Å²) in [6.07, 6.45) is 0. The Morgan fingerprint density at radius 2 is 0.833 bits per heavy atom. The zero-order chi connectivity index (χ0) is 21.1. The number of benzene rings is 4. The highest BCUT2D eigenvalue weighted by molar-refractivity contribution is 7.87. The van der Waals surface area contributed by atoms with E-state index in [0.29, 0.717) is 10.7 Å². The van der Waals surface area contributed by atoms with Gasteiger partial charge in [-0.2, -0.15) is 0 Å². The summed E-state index contributed by atoms with van der Waals surface area (Å²) >= 11 is 6.03. The molecule has 0 fully saturated rings. The van der Waals surface area contributed by atoms with Gasteiger partial charge in [0, 0.05) is 20.9 Å². The fourth-order valence-electron chi connectivity index (χ4n) is 3.27. The maximum Gasteiger partial charge on any atom is 0.123 e. The van der Waals surface area contributed by atoms with Crippen LogP contribution in [0.3, 0.4) is 0 Å². The van der Waals surface area contributed by atoms with Crippen molar-refractivity contribution in [1.82, 2.24) is 0 Å². The molecule has 0 atom stereocenters. The van der Waals surface area contributed by atoms with Crippen molar-refractivity contribution < 1.29 is 13.2 Å². The van der Waals surface area contributed by atoms with Crippen molar-refractivity contribution in [1.29, 1.82) is 0 Å². The molecule has 0 heterocycles. The van der Waals surface area contributed by atoms with Gasteiger partial charge in [-0.15, -0.1) is 0 Å². The second kappa shape index (κ2) is 8.51. The van der Waals surface area contributed by atoms with Crippen LogP contribution in [0.25, 0.3) is 0 Å². The molecule has 0 aliphatic carbocycles. The Morgan fingerprint density at radius 3 is 1.17 bits per heavy atom. The van der Waals surface area contributed by atoms with E-state index in [1.54, 1.807) is 60.7 Å². The van der Waals surface area contributed by atoms with Crippen LogP contribution in [0.4, 0.5) is 18.9 Å². The Balaban J connectivity index is 2.11. The van der Waals surface area contributed by atoms with Crippen LogP contribution in [0.5, 0.6) is 0 Å². The second-order valence-corrected chi connectivity index (χ2v) is 10.1. The molecule has 0 N–H and O–H groups in total. The summed E-state index contributed by atoms with van der Waals surface area (Å²) in [4.78, 5) is 0. The third-order valence-corrected chi connectivity index (χ3v) is 8.61. The van der Waals surface area contributed by atoms with Crippen LogP contribution in [0.2, 0.25) is 5.02 Å². The fraction of sp³-hybridized carbons (Fsp3) is 0. The molecule has 4 aromatic carbocycles. The Morgan fingerprint density at radius 1 is 0.500 bits per heavy atom. The maximum absolute atomic E-state index is 13.7. The highest BCUT2D eigenvalue weighted by Gasteiger charge is 2.28. The third kappa shape index (κ3) is 4.07. The summed E-state index contributed by atoms with van der Waals surface area (Å²) in [6, 6.07) is 25.3. The molecule has 0 bridgehead atoms. The zero-order valence-corrected chi connectivity index (χ0v) is 17.3. The largest absolute Gasteiger partial charge is 0.254 e. The number of halogens is 4. The van der Waals surface area contributed by atoms with Crippen molar-refractivity contribution in [2.75, 3.05) is 0 Å². The standard InChI is InChI=1S/C24H16ClF3NP/c25-17-1-9-21(10-2-17)29-30(22-11-3-18(26)4-12-22,23-13-5-19(27)6-14-23)24-15-7-20(28)8-16-24/h1-16H. The van der Waals surface area contributed by atoms with Gasteiger partial charge in [0.2, 0.25) is 0 Å². The van der Waals surface area contributed by atoms with Crippen molar-refractivity contribution in [3.63, 3.8) is 0 Å². The molecule has 150 valence electrons. The number of hydrogen-bond donors (Lipinski definition) is 0. The van der Waals surface area contributed by atoms with Crippen molar-refractivity contribution in [3.8, 4) is 0 Å². The van der Waals surface area contributed by atoms with Gasteiger partial charge in [0.1, 0.15) is 17.5 Å². The molecule has 0 saturated carbocycles. The molecule has 0 amide bonds. The van der Waals surface area contributed by atoms with Gasteiger partial charge in [-0.05, 0) is 97.1 Å². The minimum atomic E-state index is -2.77. The smallest absolute Gasteiger partial charge is 0.123 e. The van der Waals surface area contributed by atoms with Gasteiger partial charge < -0.3 is 0 Å². The monoisotopic (exact) mass is 441 g/mol. The summed E-state index contributed by atoms with van der Waals surface area (Å²) in [5.41, 5.74) is 0.658. The van der Waals surface area contributed by atoms with E-state index in [1.807, 2.05) is 0 Å². The minimum absolute atomic E-state index is 0.374. The molecule has 30 heavy (non-hydrogen) atoms. The lowest BCUT2D eigenvalue weighted by molar-refractivity contribution is 0.628. The molecule has 0 radical (unpaired) electrons. The summed E-state index contributed by atoms with van der Waals surface area (Å²) in [5.74, 6) is -1.12. The van der Waals surface area contributed by atoms with Crippen molar-refractivity contribution in [2.24, 2.45) is 4.74 Å². The summed E-state index contributed by atoms with van der Waals surface area (Å²) in [7, 11) is -2.77. The Hall–Kier alpha value is -2.81. The van der Waals surface area contributed by atoms with Crippen LogP contribution in [0, 0.1) is 17.5 Å². The molecule has 0 saturated heterocycles. The molecule has 0 unspecified atom stereocenters. The van der Waals surface area contributed by atoms with Crippen LogP contribution >= 0.6 is 18.7 Å². The molecular weight excluding hydrogens is 426 g/mol. The number of hydrogen-bond acceptors (Lipinski definition) is 1. The molecule has 0 aromatic heterocycles. The molecular formula is C24H16ClF3NP. The lowest BCUT2D eigenvalue weighted by Crippen LogP contribution is -2.25. The average molecular weight is 442 g/mol. The van der Waals surface area contributed by atoms with Gasteiger partial charge in [-0.1, -0.05) is 11.6 Å². The van der Waals surface area contributed by atoms with Gasteiger partial charge in [-0.25, -0.2) is 13.2 Å². The average Bonchev–Trinajstić information content (AvgIpc) is 2.75. The minimum Gasteiger partial charge on any atom is -0.254 e. The highest BCUT2D eigenvalue weighted by atomic mass is 35.5. The first-order valence-electron chi connectivity index (χ1n) is 9.14. The van der Waals surface area contributed by atoms with Crippen LogP contribution < -0.4 is 15.9 Å². The SMILES string of the molecule is Fc1ccc(P(=Nc2ccc(Cl)cc2)(c2ccc(F)cc2)c2ccc(F)cc2)cc1. The summed E-state index contributed by atoms with van der Waals surface area (Å²) in [5, 5.41) is 2.86. The van der Waals surface area contributed by atoms with E-state index in [0.717, 1.165) is 15.9 Å². The predicted octanol–water partition coefficient (Wildman–Crippen LogP) is 6.57. The third-order valence-electron chi connectivity index (χ3n) is 4.69. The van der Waals surface area contributed by atoms with E-state index in [9.17, 15) is 13.2 Å². The lowest BCUT2D eigenvalue weighted by atomic mass is 10.3. The van der Waals surface area contributed by atoms with Crippen molar-refractivity contribution >= 4 is 40.3 Å². The van der Waals surface area contributed by atoms with E-state index in [2.05, 4.69) is 0 Å². The Bertz CT molecular complexity index is 1090. The van der Waals surface area contributed by atoms with Gasteiger partial charge in [0.05, 0.1) is 12.7 Å². The van der Waals surface area contributed by atoms with Crippen LogP contribution in [-0.4, -0.2) is 0 Å². The zero-order valence-electron chi connectivity index (χ0n) is 15.6. The fourth-order valence-corrected chi connectivity index (χ4v) is 6.86. The van der Waals surface area contributed by atoms with Crippen molar-refractivity contribution in [2.45, 2.75) is 0 Å². The number of rotatable bonds is 4. The Labute approximate surface area is 177 Å². The molecule has 0 spiro atoms. The molecule has 0 aliphatic rings. The van der Waals surface area contributed by atoms with Crippen LogP contribution in [-0.2, 0) is 0 Å². The van der Waals surface area contributed by atoms with E-state index in [4.69, 9.17) is 16.3 Å².